The van der Waals surface area contributed by atoms with Crippen LogP contribution in [0.25, 0.3) is 12.2 Å². The number of pyridine rings is 1. The van der Waals surface area contributed by atoms with Gasteiger partial charge in [0.15, 0.2) is 0 Å². The number of carbonyl (C=O) groups is 1. The average molecular weight is 333 g/mol. The van der Waals surface area contributed by atoms with Crippen LogP contribution in [0, 0.1) is 0 Å². The standard InChI is InChI=1S/C15H13BrN2O2/c1-18(15(19)20)13-7-4-11(5-8-13)2-3-12-6-9-14(16)17-10-12/h2-10H,1H3,(H,19,20)/b3-2+. The van der Waals surface area contributed by atoms with Crippen LogP contribution in [-0.4, -0.2) is 23.2 Å². The third kappa shape index (κ3) is 3.68. The molecule has 0 saturated heterocycles. The number of carboxylic acid groups (broad SMARTS) is 1. The Morgan fingerprint density at radius 3 is 2.30 bits per heavy atom. The fraction of sp³-hybridized carbons (Fsp3) is 0.0667. The highest BCUT2D eigenvalue weighted by atomic mass is 79.9. The fourth-order valence-corrected chi connectivity index (χ4v) is 1.83. The van der Waals surface area contributed by atoms with Gasteiger partial charge in [-0.15, -0.1) is 0 Å². The molecule has 1 aromatic carbocycles. The number of aromatic nitrogens is 1. The van der Waals surface area contributed by atoms with E-state index in [-0.39, 0.29) is 0 Å². The molecule has 5 heteroatoms. The zero-order valence-corrected chi connectivity index (χ0v) is 12.4. The van der Waals surface area contributed by atoms with Crippen molar-refractivity contribution in [1.29, 1.82) is 0 Å². The van der Waals surface area contributed by atoms with Crippen molar-refractivity contribution in [3.8, 4) is 0 Å². The molecule has 0 bridgehead atoms. The fourth-order valence-electron chi connectivity index (χ4n) is 1.60. The number of nitrogens with zero attached hydrogens (tertiary/aromatic N) is 2. The highest BCUT2D eigenvalue weighted by molar-refractivity contribution is 9.10. The first-order valence-corrected chi connectivity index (χ1v) is 6.72. The van der Waals surface area contributed by atoms with Crippen LogP contribution in [0.3, 0.4) is 0 Å². The van der Waals surface area contributed by atoms with Gasteiger partial charge in [-0.25, -0.2) is 9.78 Å². The predicted octanol–water partition coefficient (Wildman–Crippen LogP) is 4.13. The van der Waals surface area contributed by atoms with Crippen molar-refractivity contribution < 1.29 is 9.90 Å². The molecule has 0 aliphatic rings. The van der Waals surface area contributed by atoms with Crippen LogP contribution < -0.4 is 4.90 Å². The second kappa shape index (κ2) is 6.34. The van der Waals surface area contributed by atoms with Gasteiger partial charge in [0.25, 0.3) is 0 Å². The molecule has 1 N–H and O–H groups in total. The molecule has 0 atom stereocenters. The molecular formula is C15H13BrN2O2. The summed E-state index contributed by atoms with van der Waals surface area (Å²) in [5.41, 5.74) is 2.63. The Labute approximate surface area is 125 Å². The summed E-state index contributed by atoms with van der Waals surface area (Å²) in [6, 6.07) is 11.1. The number of rotatable bonds is 3. The van der Waals surface area contributed by atoms with Crippen molar-refractivity contribution in [2.75, 3.05) is 11.9 Å². The zero-order valence-electron chi connectivity index (χ0n) is 10.8. The third-order valence-corrected chi connectivity index (χ3v) is 3.25. The van der Waals surface area contributed by atoms with Crippen LogP contribution in [0.1, 0.15) is 11.1 Å². The van der Waals surface area contributed by atoms with Crippen molar-refractivity contribution in [2.45, 2.75) is 0 Å². The van der Waals surface area contributed by atoms with Gasteiger partial charge in [-0.05, 0) is 45.3 Å². The van der Waals surface area contributed by atoms with Gasteiger partial charge in [0.1, 0.15) is 4.60 Å². The monoisotopic (exact) mass is 332 g/mol. The summed E-state index contributed by atoms with van der Waals surface area (Å²) in [5.74, 6) is 0. The maximum absolute atomic E-state index is 10.8. The first kappa shape index (κ1) is 14.3. The lowest BCUT2D eigenvalue weighted by Crippen LogP contribution is -2.23. The van der Waals surface area contributed by atoms with E-state index < -0.39 is 6.09 Å². The molecule has 4 nitrogen and oxygen atoms in total. The highest BCUT2D eigenvalue weighted by Crippen LogP contribution is 2.16. The van der Waals surface area contributed by atoms with Crippen LogP contribution in [0.4, 0.5) is 10.5 Å². The van der Waals surface area contributed by atoms with Crippen molar-refractivity contribution >= 4 is 39.9 Å². The Balaban J connectivity index is 2.10. The van der Waals surface area contributed by atoms with Crippen molar-refractivity contribution in [3.05, 3.63) is 58.3 Å². The van der Waals surface area contributed by atoms with Gasteiger partial charge in [0.2, 0.25) is 0 Å². The van der Waals surface area contributed by atoms with Crippen LogP contribution in [0.2, 0.25) is 0 Å². The Kier molecular flexibility index (Phi) is 4.53. The number of hydrogen-bond acceptors (Lipinski definition) is 2. The average Bonchev–Trinajstić information content (AvgIpc) is 2.46. The minimum Gasteiger partial charge on any atom is -0.465 e. The lowest BCUT2D eigenvalue weighted by atomic mass is 10.1. The topological polar surface area (TPSA) is 53.4 Å². The number of halogens is 1. The van der Waals surface area contributed by atoms with Crippen LogP contribution in [0.5, 0.6) is 0 Å². The zero-order chi connectivity index (χ0) is 14.5. The summed E-state index contributed by atoms with van der Waals surface area (Å²) in [5, 5.41) is 8.88. The van der Waals surface area contributed by atoms with E-state index in [1.54, 1.807) is 18.3 Å². The molecule has 0 aliphatic heterocycles. The Bertz CT molecular complexity index is 621. The van der Waals surface area contributed by atoms with Gasteiger partial charge < -0.3 is 5.11 Å². The maximum Gasteiger partial charge on any atom is 0.411 e. The molecule has 0 unspecified atom stereocenters. The molecule has 0 aliphatic carbocycles. The summed E-state index contributed by atoms with van der Waals surface area (Å²) < 4.78 is 0.802. The van der Waals surface area contributed by atoms with Gasteiger partial charge in [0.05, 0.1) is 0 Å². The SMILES string of the molecule is CN(C(=O)O)c1ccc(/C=C/c2ccc(Br)nc2)cc1. The summed E-state index contributed by atoms with van der Waals surface area (Å²) in [4.78, 5) is 16.1. The first-order chi connectivity index (χ1) is 9.56. The molecule has 2 aromatic rings. The van der Waals surface area contributed by atoms with E-state index in [2.05, 4.69) is 20.9 Å². The van der Waals surface area contributed by atoms with Gasteiger partial charge in [-0.3, -0.25) is 4.90 Å². The van der Waals surface area contributed by atoms with E-state index in [1.165, 1.54) is 11.9 Å². The Morgan fingerprint density at radius 2 is 1.75 bits per heavy atom. The second-order valence-corrected chi connectivity index (χ2v) is 4.99. The predicted molar refractivity (Wildman–Crippen MR) is 83.7 cm³/mol. The Hall–Kier alpha value is -2.14. The normalized spacial score (nSPS) is 10.7. The van der Waals surface area contributed by atoms with Gasteiger partial charge >= 0.3 is 6.09 Å². The van der Waals surface area contributed by atoms with E-state index in [0.29, 0.717) is 5.69 Å². The summed E-state index contributed by atoms with van der Waals surface area (Å²) in [6.07, 6.45) is 4.70. The van der Waals surface area contributed by atoms with Gasteiger partial charge in [0, 0.05) is 18.9 Å². The number of anilines is 1. The molecule has 2 rings (SSSR count). The van der Waals surface area contributed by atoms with Crippen molar-refractivity contribution in [3.63, 3.8) is 0 Å². The molecule has 102 valence electrons. The Morgan fingerprint density at radius 1 is 1.15 bits per heavy atom. The van der Waals surface area contributed by atoms with E-state index in [1.807, 2.05) is 36.4 Å². The quantitative estimate of drug-likeness (QED) is 0.860. The maximum atomic E-state index is 10.8. The van der Waals surface area contributed by atoms with Crippen molar-refractivity contribution in [1.82, 2.24) is 4.98 Å². The van der Waals surface area contributed by atoms with Gasteiger partial charge in [-0.1, -0.05) is 30.4 Å². The van der Waals surface area contributed by atoms with E-state index in [0.717, 1.165) is 15.7 Å². The molecule has 1 aromatic heterocycles. The summed E-state index contributed by atoms with van der Waals surface area (Å²) >= 11 is 3.29. The van der Waals surface area contributed by atoms with Crippen LogP contribution >= 0.6 is 15.9 Å². The molecule has 0 fully saturated rings. The number of benzene rings is 1. The van der Waals surface area contributed by atoms with E-state index in [9.17, 15) is 4.79 Å². The molecule has 0 spiro atoms. The molecular weight excluding hydrogens is 320 g/mol. The molecule has 1 heterocycles. The first-order valence-electron chi connectivity index (χ1n) is 5.92. The van der Waals surface area contributed by atoms with Gasteiger partial charge in [-0.2, -0.15) is 0 Å². The van der Waals surface area contributed by atoms with E-state index >= 15 is 0 Å². The van der Waals surface area contributed by atoms with E-state index in [4.69, 9.17) is 5.11 Å². The van der Waals surface area contributed by atoms with Crippen LogP contribution in [-0.2, 0) is 0 Å². The molecule has 0 radical (unpaired) electrons. The minimum absolute atomic E-state index is 0.639. The van der Waals surface area contributed by atoms with Crippen LogP contribution in [0.15, 0.2) is 47.2 Å². The molecule has 1 amide bonds. The summed E-state index contributed by atoms with van der Waals surface area (Å²) in [7, 11) is 1.51. The molecule has 20 heavy (non-hydrogen) atoms. The lowest BCUT2D eigenvalue weighted by Gasteiger charge is -2.12. The summed E-state index contributed by atoms with van der Waals surface area (Å²) in [6.45, 7) is 0. The minimum atomic E-state index is -0.978. The van der Waals surface area contributed by atoms with Crippen molar-refractivity contribution in [2.24, 2.45) is 0 Å². The largest absolute Gasteiger partial charge is 0.465 e. The second-order valence-electron chi connectivity index (χ2n) is 4.18. The third-order valence-electron chi connectivity index (χ3n) is 2.79. The smallest absolute Gasteiger partial charge is 0.411 e. The molecule has 0 saturated carbocycles. The number of amides is 1. The highest BCUT2D eigenvalue weighted by Gasteiger charge is 2.06. The lowest BCUT2D eigenvalue weighted by molar-refractivity contribution is 0.203. The number of hydrogen-bond donors (Lipinski definition) is 1.